The van der Waals surface area contributed by atoms with Crippen LogP contribution < -0.4 is 11.2 Å². The van der Waals surface area contributed by atoms with Gasteiger partial charge < -0.3 is 9.30 Å². The summed E-state index contributed by atoms with van der Waals surface area (Å²) < 4.78 is 10.8. The van der Waals surface area contributed by atoms with Crippen LogP contribution in [0.2, 0.25) is 0 Å². The predicted molar refractivity (Wildman–Crippen MR) is 113 cm³/mol. The van der Waals surface area contributed by atoms with Crippen molar-refractivity contribution in [1.82, 2.24) is 23.1 Å². The largest absolute Gasteiger partial charge is 0.468 e. The second kappa shape index (κ2) is 6.85. The van der Waals surface area contributed by atoms with Crippen molar-refractivity contribution in [3.8, 4) is 0 Å². The Morgan fingerprint density at radius 3 is 2.63 bits per heavy atom. The highest BCUT2D eigenvalue weighted by Gasteiger charge is 2.34. The topological polar surface area (TPSA) is 92.5 Å². The molecular formula is C21H29N5O4. The zero-order valence-electron chi connectivity index (χ0n) is 18.4. The number of esters is 1. The summed E-state index contributed by atoms with van der Waals surface area (Å²) in [6.45, 7) is 8.45. The van der Waals surface area contributed by atoms with Gasteiger partial charge in [0, 0.05) is 25.0 Å². The molecule has 0 unspecified atom stereocenters. The Bertz CT molecular complexity index is 1270. The molecule has 3 aromatic rings. The van der Waals surface area contributed by atoms with Crippen LogP contribution >= 0.6 is 0 Å². The van der Waals surface area contributed by atoms with Crippen LogP contribution in [0.1, 0.15) is 51.8 Å². The van der Waals surface area contributed by atoms with Gasteiger partial charge in [0.1, 0.15) is 6.54 Å². The molecule has 0 aliphatic heterocycles. The summed E-state index contributed by atoms with van der Waals surface area (Å²) in [4.78, 5) is 42.3. The van der Waals surface area contributed by atoms with Crippen LogP contribution in [-0.2, 0) is 23.1 Å². The van der Waals surface area contributed by atoms with E-state index in [1.807, 2.05) is 13.1 Å². The Morgan fingerprint density at radius 1 is 1.30 bits per heavy atom. The molecule has 0 saturated heterocycles. The monoisotopic (exact) mass is 415 g/mol. The molecule has 3 heterocycles. The van der Waals surface area contributed by atoms with Crippen molar-refractivity contribution in [2.75, 3.05) is 7.11 Å². The molecule has 2 atom stereocenters. The zero-order chi connectivity index (χ0) is 22.0. The maximum absolute atomic E-state index is 13.2. The molecule has 3 aromatic heterocycles. The lowest BCUT2D eigenvalue weighted by molar-refractivity contribution is -0.141. The fourth-order valence-corrected chi connectivity index (χ4v) is 5.30. The summed E-state index contributed by atoms with van der Waals surface area (Å²) in [6.07, 6.45) is 5.15. The van der Waals surface area contributed by atoms with E-state index < -0.39 is 23.8 Å². The minimum Gasteiger partial charge on any atom is -0.468 e. The Labute approximate surface area is 173 Å². The van der Waals surface area contributed by atoms with Crippen molar-refractivity contribution in [1.29, 1.82) is 0 Å². The standard InChI is InChI=1S/C21H29N5O4/c1-12-7-14(9-21(3,4)8-12)26-13(2)10-24-16-17(22-19(24)26)23(5)20(29)25(18(16)28)11-15(27)30-6/h10,12,14H,7-9,11H2,1-6H3/t12-,14-/m1/s1. The van der Waals surface area contributed by atoms with E-state index in [0.717, 1.165) is 23.1 Å². The summed E-state index contributed by atoms with van der Waals surface area (Å²) in [5.74, 6) is 0.591. The van der Waals surface area contributed by atoms with Crippen LogP contribution in [0.5, 0.6) is 0 Å². The maximum atomic E-state index is 13.2. The minimum atomic E-state index is -0.651. The lowest BCUT2D eigenvalue weighted by atomic mass is 9.70. The van der Waals surface area contributed by atoms with Gasteiger partial charge in [-0.1, -0.05) is 20.8 Å². The summed E-state index contributed by atoms with van der Waals surface area (Å²) in [6, 6.07) is 0.271. The summed E-state index contributed by atoms with van der Waals surface area (Å²) in [5, 5.41) is 0. The SMILES string of the molecule is COC(=O)Cn1c(=O)c2c(nc3n([C@@H]4C[C@@H](C)CC(C)(C)C4)c(C)cn23)n(C)c1=O. The average molecular weight is 415 g/mol. The molecule has 0 spiro atoms. The Hall–Kier alpha value is -2.84. The first-order chi connectivity index (χ1) is 14.0. The first kappa shape index (κ1) is 20.4. The third kappa shape index (κ3) is 3.07. The Morgan fingerprint density at radius 2 is 2.00 bits per heavy atom. The number of hydrogen-bond acceptors (Lipinski definition) is 5. The second-order valence-electron chi connectivity index (χ2n) is 9.47. The van der Waals surface area contributed by atoms with Crippen molar-refractivity contribution in [2.24, 2.45) is 18.4 Å². The third-order valence-corrected chi connectivity index (χ3v) is 6.31. The summed E-state index contributed by atoms with van der Waals surface area (Å²) in [5.41, 5.74) is 0.721. The van der Waals surface area contributed by atoms with Crippen molar-refractivity contribution < 1.29 is 9.53 Å². The van der Waals surface area contributed by atoms with E-state index in [2.05, 4.69) is 30.1 Å². The van der Waals surface area contributed by atoms with Gasteiger partial charge in [0.25, 0.3) is 5.56 Å². The van der Waals surface area contributed by atoms with Gasteiger partial charge in [-0.15, -0.1) is 0 Å². The van der Waals surface area contributed by atoms with E-state index in [1.54, 1.807) is 11.4 Å². The van der Waals surface area contributed by atoms with Crippen LogP contribution in [0.15, 0.2) is 15.8 Å². The van der Waals surface area contributed by atoms with Gasteiger partial charge in [-0.2, -0.15) is 4.98 Å². The number of methoxy groups -OCH3 is 1. The molecule has 0 amide bonds. The molecule has 0 N–H and O–H groups in total. The third-order valence-electron chi connectivity index (χ3n) is 6.31. The van der Waals surface area contributed by atoms with Crippen LogP contribution in [0.3, 0.4) is 0 Å². The molecule has 1 aliphatic rings. The van der Waals surface area contributed by atoms with Gasteiger partial charge in [0.05, 0.1) is 7.11 Å². The summed E-state index contributed by atoms with van der Waals surface area (Å²) >= 11 is 0. The van der Waals surface area contributed by atoms with Crippen molar-refractivity contribution in [3.63, 3.8) is 0 Å². The number of aryl methyl sites for hydroxylation is 2. The number of imidazole rings is 2. The molecule has 162 valence electrons. The van der Waals surface area contributed by atoms with E-state index in [4.69, 9.17) is 4.98 Å². The van der Waals surface area contributed by atoms with Gasteiger partial charge >= 0.3 is 11.7 Å². The first-order valence-corrected chi connectivity index (χ1v) is 10.3. The quantitative estimate of drug-likeness (QED) is 0.610. The fraction of sp³-hybridized carbons (Fsp3) is 0.619. The molecule has 1 aliphatic carbocycles. The number of rotatable bonds is 3. The van der Waals surface area contributed by atoms with Crippen LogP contribution in [-0.4, -0.2) is 36.2 Å². The molecular weight excluding hydrogens is 386 g/mol. The molecule has 0 bridgehead atoms. The Balaban J connectivity index is 1.97. The highest BCUT2D eigenvalue weighted by atomic mass is 16.5. The maximum Gasteiger partial charge on any atom is 0.333 e. The normalized spacial score (nSPS) is 21.4. The molecule has 0 aromatic carbocycles. The van der Waals surface area contributed by atoms with Gasteiger partial charge in [0.15, 0.2) is 11.2 Å². The minimum absolute atomic E-state index is 0.224. The van der Waals surface area contributed by atoms with Crippen LogP contribution in [0.4, 0.5) is 0 Å². The van der Waals surface area contributed by atoms with Crippen molar-refractivity contribution >= 4 is 22.9 Å². The van der Waals surface area contributed by atoms with Gasteiger partial charge in [0.2, 0.25) is 5.78 Å². The van der Waals surface area contributed by atoms with Crippen molar-refractivity contribution in [3.05, 3.63) is 32.7 Å². The van der Waals surface area contributed by atoms with E-state index in [0.29, 0.717) is 22.9 Å². The molecule has 4 rings (SSSR count). The fourth-order valence-electron chi connectivity index (χ4n) is 5.30. The van der Waals surface area contributed by atoms with Crippen LogP contribution in [0.25, 0.3) is 16.9 Å². The second-order valence-corrected chi connectivity index (χ2v) is 9.47. The number of ether oxygens (including phenoxy) is 1. The van der Waals surface area contributed by atoms with Gasteiger partial charge in [-0.05, 0) is 37.5 Å². The highest BCUT2D eigenvalue weighted by molar-refractivity contribution is 5.76. The smallest absolute Gasteiger partial charge is 0.333 e. The van der Waals surface area contributed by atoms with E-state index in [9.17, 15) is 14.4 Å². The average Bonchev–Trinajstić information content (AvgIpc) is 3.15. The number of carbonyl (C=O) groups excluding carboxylic acids is 1. The molecule has 0 radical (unpaired) electrons. The first-order valence-electron chi connectivity index (χ1n) is 10.3. The van der Waals surface area contributed by atoms with E-state index >= 15 is 0 Å². The molecule has 1 fully saturated rings. The highest BCUT2D eigenvalue weighted by Crippen LogP contribution is 2.44. The Kier molecular flexibility index (Phi) is 4.67. The molecule has 9 nitrogen and oxygen atoms in total. The van der Waals surface area contributed by atoms with E-state index in [1.165, 1.54) is 18.1 Å². The molecule has 1 saturated carbocycles. The predicted octanol–water partition coefficient (Wildman–Crippen LogP) is 2.02. The van der Waals surface area contributed by atoms with Gasteiger partial charge in [-0.25, -0.2) is 9.36 Å². The lowest BCUT2D eigenvalue weighted by Crippen LogP contribution is -2.41. The van der Waals surface area contributed by atoms with Gasteiger partial charge in [-0.3, -0.25) is 18.6 Å². The van der Waals surface area contributed by atoms with Crippen molar-refractivity contribution in [2.45, 2.75) is 59.5 Å². The number of fused-ring (bicyclic) bond motifs is 3. The van der Waals surface area contributed by atoms with Crippen LogP contribution in [0, 0.1) is 18.3 Å². The zero-order valence-corrected chi connectivity index (χ0v) is 18.4. The summed E-state index contributed by atoms with van der Waals surface area (Å²) in [7, 11) is 2.79. The van der Waals surface area contributed by atoms with E-state index in [-0.39, 0.29) is 11.5 Å². The number of nitrogens with zero attached hydrogens (tertiary/aromatic N) is 5. The number of carbonyl (C=O) groups is 1. The number of aromatic nitrogens is 5. The molecule has 30 heavy (non-hydrogen) atoms. The molecule has 9 heteroatoms. The lowest BCUT2D eigenvalue weighted by Gasteiger charge is -2.39. The number of hydrogen-bond donors (Lipinski definition) is 0.